The molecule has 0 saturated carbocycles. The molecule has 1 aromatic rings. The first-order valence-electron chi connectivity index (χ1n) is 9.67. The molecule has 0 atom stereocenters. The van der Waals surface area contributed by atoms with Crippen molar-refractivity contribution in [3.05, 3.63) is 29.3 Å². The van der Waals surface area contributed by atoms with Crippen LogP contribution in [0.25, 0.3) is 0 Å². The van der Waals surface area contributed by atoms with E-state index in [1.165, 1.54) is 18.2 Å². The minimum absolute atomic E-state index is 0.0203. The van der Waals surface area contributed by atoms with E-state index in [1.807, 2.05) is 0 Å². The third-order valence-corrected chi connectivity index (χ3v) is 5.10. The zero-order chi connectivity index (χ0) is 19.1. The molecule has 1 N–H and O–H groups in total. The maximum absolute atomic E-state index is 12.0. The number of hydrogen-bond acceptors (Lipinski definition) is 6. The fourth-order valence-electron chi connectivity index (χ4n) is 3.52. The molecule has 7 heteroatoms. The minimum Gasteiger partial charge on any atom is -0.493 e. The van der Waals surface area contributed by atoms with Gasteiger partial charge in [0.2, 0.25) is 5.91 Å². The van der Waals surface area contributed by atoms with Crippen molar-refractivity contribution in [2.75, 3.05) is 53.0 Å². The van der Waals surface area contributed by atoms with E-state index in [9.17, 15) is 9.59 Å². The van der Waals surface area contributed by atoms with Gasteiger partial charge in [0, 0.05) is 52.1 Å². The number of nitrogens with zero attached hydrogens (tertiary/aromatic N) is 2. The SMILES string of the molecule is COC(=O)CCCNC(=O)CN1CCN(Cc2ccc3c(c2)CCO3)CC1. The standard InChI is InChI=1S/C20H29N3O4/c1-26-20(25)3-2-7-21-19(24)15-23-10-8-22(9-11-23)14-16-4-5-18-17(13-16)6-12-27-18/h4-5,13H,2-3,6-12,14-15H2,1H3,(H,21,24). The molecule has 148 valence electrons. The number of esters is 1. The summed E-state index contributed by atoms with van der Waals surface area (Å²) in [5.41, 5.74) is 2.64. The maximum atomic E-state index is 12.0. The molecule has 1 fully saturated rings. The van der Waals surface area contributed by atoms with Crippen molar-refractivity contribution in [3.63, 3.8) is 0 Å². The first-order chi connectivity index (χ1) is 13.1. The van der Waals surface area contributed by atoms with Crippen LogP contribution in [0.5, 0.6) is 5.75 Å². The number of carbonyl (C=O) groups is 2. The van der Waals surface area contributed by atoms with Crippen molar-refractivity contribution >= 4 is 11.9 Å². The van der Waals surface area contributed by atoms with E-state index < -0.39 is 0 Å². The number of fused-ring (bicyclic) bond motifs is 1. The highest BCUT2D eigenvalue weighted by Crippen LogP contribution is 2.26. The first-order valence-corrected chi connectivity index (χ1v) is 9.67. The van der Waals surface area contributed by atoms with Gasteiger partial charge in [-0.25, -0.2) is 0 Å². The van der Waals surface area contributed by atoms with Gasteiger partial charge in [0.25, 0.3) is 0 Å². The Morgan fingerprint density at radius 2 is 1.96 bits per heavy atom. The predicted molar refractivity (Wildman–Crippen MR) is 102 cm³/mol. The van der Waals surface area contributed by atoms with E-state index in [-0.39, 0.29) is 11.9 Å². The van der Waals surface area contributed by atoms with Crippen LogP contribution < -0.4 is 10.1 Å². The van der Waals surface area contributed by atoms with Gasteiger partial charge in [-0.05, 0) is 23.6 Å². The number of rotatable bonds is 8. The van der Waals surface area contributed by atoms with Crippen LogP contribution in [-0.4, -0.2) is 74.7 Å². The van der Waals surface area contributed by atoms with Crippen molar-refractivity contribution < 1.29 is 19.1 Å². The van der Waals surface area contributed by atoms with E-state index in [2.05, 4.69) is 38.1 Å². The van der Waals surface area contributed by atoms with Crippen molar-refractivity contribution in [2.24, 2.45) is 0 Å². The lowest BCUT2D eigenvalue weighted by Crippen LogP contribution is -2.49. The van der Waals surface area contributed by atoms with Gasteiger partial charge < -0.3 is 14.8 Å². The summed E-state index contributed by atoms with van der Waals surface area (Å²) in [4.78, 5) is 27.7. The fourth-order valence-corrected chi connectivity index (χ4v) is 3.52. The lowest BCUT2D eigenvalue weighted by molar-refractivity contribution is -0.140. The molecule has 2 aliphatic heterocycles. The Morgan fingerprint density at radius 3 is 2.74 bits per heavy atom. The molecule has 1 saturated heterocycles. The quantitative estimate of drug-likeness (QED) is 0.536. The second-order valence-corrected chi connectivity index (χ2v) is 7.12. The number of hydrogen-bond donors (Lipinski definition) is 1. The number of nitrogens with one attached hydrogen (secondary N) is 1. The van der Waals surface area contributed by atoms with Gasteiger partial charge in [-0.1, -0.05) is 12.1 Å². The van der Waals surface area contributed by atoms with Crippen molar-refractivity contribution in [1.29, 1.82) is 0 Å². The number of carbonyl (C=O) groups excluding carboxylic acids is 2. The van der Waals surface area contributed by atoms with E-state index in [1.54, 1.807) is 0 Å². The molecule has 7 nitrogen and oxygen atoms in total. The molecule has 0 radical (unpaired) electrons. The van der Waals surface area contributed by atoms with Gasteiger partial charge in [0.05, 0.1) is 20.3 Å². The highest BCUT2D eigenvalue weighted by Gasteiger charge is 2.20. The van der Waals surface area contributed by atoms with Crippen LogP contribution in [0.1, 0.15) is 24.0 Å². The molecule has 1 amide bonds. The van der Waals surface area contributed by atoms with Gasteiger partial charge in [-0.3, -0.25) is 19.4 Å². The Balaban J connectivity index is 1.33. The van der Waals surface area contributed by atoms with Crippen LogP contribution in [0.15, 0.2) is 18.2 Å². The first kappa shape index (κ1) is 19.6. The smallest absolute Gasteiger partial charge is 0.305 e. The Morgan fingerprint density at radius 1 is 1.19 bits per heavy atom. The molecule has 1 aromatic carbocycles. The topological polar surface area (TPSA) is 71.1 Å². The van der Waals surface area contributed by atoms with Crippen LogP contribution in [-0.2, 0) is 27.3 Å². The summed E-state index contributed by atoms with van der Waals surface area (Å²) < 4.78 is 10.1. The summed E-state index contributed by atoms with van der Waals surface area (Å²) in [7, 11) is 1.37. The fraction of sp³-hybridized carbons (Fsp3) is 0.600. The summed E-state index contributed by atoms with van der Waals surface area (Å²) in [5, 5.41) is 2.87. The molecule has 2 heterocycles. The number of benzene rings is 1. The summed E-state index contributed by atoms with van der Waals surface area (Å²) >= 11 is 0. The number of piperazine rings is 1. The van der Waals surface area contributed by atoms with E-state index in [0.29, 0.717) is 25.9 Å². The minimum atomic E-state index is -0.240. The summed E-state index contributed by atoms with van der Waals surface area (Å²) in [6.45, 7) is 6.38. The molecule has 0 spiro atoms. The maximum Gasteiger partial charge on any atom is 0.305 e. The summed E-state index contributed by atoms with van der Waals surface area (Å²) in [5.74, 6) is 0.810. The van der Waals surface area contributed by atoms with Gasteiger partial charge in [-0.2, -0.15) is 0 Å². The van der Waals surface area contributed by atoms with Gasteiger partial charge in [-0.15, -0.1) is 0 Å². The van der Waals surface area contributed by atoms with Crippen molar-refractivity contribution in [1.82, 2.24) is 15.1 Å². The zero-order valence-corrected chi connectivity index (χ0v) is 16.0. The molecule has 3 rings (SSSR count). The molecule has 0 aromatic heterocycles. The zero-order valence-electron chi connectivity index (χ0n) is 16.0. The molecular formula is C20H29N3O4. The average molecular weight is 375 g/mol. The Kier molecular flexibility index (Phi) is 7.06. The van der Waals surface area contributed by atoms with E-state index in [4.69, 9.17) is 4.74 Å². The molecule has 2 aliphatic rings. The Hall–Kier alpha value is -2.12. The molecule has 27 heavy (non-hydrogen) atoms. The number of methoxy groups -OCH3 is 1. The predicted octanol–water partition coefficient (Wildman–Crippen LogP) is 0.809. The van der Waals surface area contributed by atoms with Crippen LogP contribution >= 0.6 is 0 Å². The molecule has 0 unspecified atom stereocenters. The van der Waals surface area contributed by atoms with Crippen LogP contribution in [0.2, 0.25) is 0 Å². The van der Waals surface area contributed by atoms with E-state index in [0.717, 1.165) is 51.5 Å². The normalized spacial score (nSPS) is 17.2. The van der Waals surface area contributed by atoms with Gasteiger partial charge >= 0.3 is 5.97 Å². The molecule has 0 bridgehead atoms. The van der Waals surface area contributed by atoms with Crippen LogP contribution in [0.3, 0.4) is 0 Å². The second-order valence-electron chi connectivity index (χ2n) is 7.12. The van der Waals surface area contributed by atoms with Crippen LogP contribution in [0, 0.1) is 0 Å². The van der Waals surface area contributed by atoms with Crippen molar-refractivity contribution in [3.8, 4) is 5.75 Å². The largest absolute Gasteiger partial charge is 0.493 e. The monoisotopic (exact) mass is 375 g/mol. The third kappa shape index (κ3) is 5.94. The Labute approximate surface area is 160 Å². The second kappa shape index (κ2) is 9.71. The molecular weight excluding hydrogens is 346 g/mol. The Bertz CT molecular complexity index is 657. The van der Waals surface area contributed by atoms with Gasteiger partial charge in [0.1, 0.15) is 5.75 Å². The van der Waals surface area contributed by atoms with Gasteiger partial charge in [0.15, 0.2) is 0 Å². The average Bonchev–Trinajstić information content (AvgIpc) is 3.14. The lowest BCUT2D eigenvalue weighted by atomic mass is 10.1. The highest BCUT2D eigenvalue weighted by atomic mass is 16.5. The highest BCUT2D eigenvalue weighted by molar-refractivity contribution is 5.78. The number of amides is 1. The lowest BCUT2D eigenvalue weighted by Gasteiger charge is -2.34. The number of ether oxygens (including phenoxy) is 2. The van der Waals surface area contributed by atoms with E-state index >= 15 is 0 Å². The van der Waals surface area contributed by atoms with Crippen molar-refractivity contribution in [2.45, 2.75) is 25.8 Å². The summed E-state index contributed by atoms with van der Waals surface area (Å²) in [6.07, 6.45) is 1.95. The summed E-state index contributed by atoms with van der Waals surface area (Å²) in [6, 6.07) is 6.49. The van der Waals surface area contributed by atoms with Crippen LogP contribution in [0.4, 0.5) is 0 Å². The third-order valence-electron chi connectivity index (χ3n) is 5.10. The molecule has 0 aliphatic carbocycles.